The van der Waals surface area contributed by atoms with Crippen LogP contribution in [0.15, 0.2) is 41.4 Å². The number of halogens is 2. The number of hydrogen-bond donors (Lipinski definition) is 3. The lowest BCUT2D eigenvalue weighted by Gasteiger charge is -2.20. The third-order valence-electron chi connectivity index (χ3n) is 3.46. The van der Waals surface area contributed by atoms with Crippen molar-refractivity contribution < 1.29 is 27.9 Å². The molecule has 27 heavy (non-hydrogen) atoms. The molecule has 0 aliphatic heterocycles. The molecule has 0 aliphatic rings. The van der Waals surface area contributed by atoms with Crippen molar-refractivity contribution in [3.63, 3.8) is 0 Å². The predicted octanol–water partition coefficient (Wildman–Crippen LogP) is 1.78. The lowest BCUT2D eigenvalue weighted by atomic mass is 10.2. The minimum atomic E-state index is -4.22. The van der Waals surface area contributed by atoms with Gasteiger partial charge in [0.25, 0.3) is 0 Å². The summed E-state index contributed by atoms with van der Waals surface area (Å²) in [5.41, 5.74) is 0.229. The first-order valence-corrected chi connectivity index (χ1v) is 9.84. The number of aliphatic hydroxyl groups excluding tert-OH is 1. The number of Topliss-reactive ketones (excluding diaryl/α,β-unsaturated/α-hetero) is 1. The van der Waals surface area contributed by atoms with Gasteiger partial charge in [0, 0.05) is 6.20 Å². The first-order valence-electron chi connectivity index (χ1n) is 7.60. The van der Waals surface area contributed by atoms with Crippen molar-refractivity contribution in [2.45, 2.75) is 24.0 Å². The van der Waals surface area contributed by atoms with Gasteiger partial charge in [-0.3, -0.25) is 9.59 Å². The van der Waals surface area contributed by atoms with E-state index in [2.05, 4.69) is 4.98 Å². The van der Waals surface area contributed by atoms with Gasteiger partial charge >= 0.3 is 5.97 Å². The molecule has 0 fully saturated rings. The van der Waals surface area contributed by atoms with Gasteiger partial charge in [0.2, 0.25) is 15.8 Å². The Morgan fingerprint density at radius 1 is 1.26 bits per heavy atom. The molecule has 0 saturated heterocycles. The van der Waals surface area contributed by atoms with Crippen LogP contribution in [0, 0.1) is 0 Å². The first kappa shape index (κ1) is 21.4. The number of carbonyl (C=O) groups excluding carboxylic acids is 2. The molecule has 0 radical (unpaired) electrons. The van der Waals surface area contributed by atoms with Crippen molar-refractivity contribution in [1.29, 1.82) is 0 Å². The summed E-state index contributed by atoms with van der Waals surface area (Å²) in [7, 11) is -4.22. The molecule has 2 aromatic rings. The number of rotatable bonds is 8. The van der Waals surface area contributed by atoms with Gasteiger partial charge in [-0.1, -0.05) is 23.2 Å². The highest BCUT2D eigenvalue weighted by Gasteiger charge is 2.31. The highest BCUT2D eigenvalue weighted by Crippen LogP contribution is 2.25. The van der Waals surface area contributed by atoms with Crippen LogP contribution in [0.25, 0.3) is 0 Å². The SMILES string of the molecule is C[C@@H](O)[C@H](NS(=O)(=O)c1ccc(Cl)c(Cl)c1)C(=O)OCC(=O)c1ccc[nH]1. The van der Waals surface area contributed by atoms with Gasteiger partial charge in [0.1, 0.15) is 6.04 Å². The minimum absolute atomic E-state index is 0.00672. The molecule has 0 amide bonds. The lowest BCUT2D eigenvalue weighted by Crippen LogP contribution is -2.48. The highest BCUT2D eigenvalue weighted by atomic mass is 35.5. The van der Waals surface area contributed by atoms with Gasteiger partial charge in [-0.2, -0.15) is 4.72 Å². The number of ketones is 1. The van der Waals surface area contributed by atoms with Crippen molar-refractivity contribution in [1.82, 2.24) is 9.71 Å². The van der Waals surface area contributed by atoms with Crippen molar-refractivity contribution in [2.24, 2.45) is 0 Å². The number of hydrogen-bond acceptors (Lipinski definition) is 6. The van der Waals surface area contributed by atoms with Gasteiger partial charge in [-0.05, 0) is 37.3 Å². The number of H-pyrrole nitrogens is 1. The Morgan fingerprint density at radius 3 is 2.52 bits per heavy atom. The van der Waals surface area contributed by atoms with E-state index in [-0.39, 0.29) is 20.6 Å². The third-order valence-corrected chi connectivity index (χ3v) is 5.64. The van der Waals surface area contributed by atoms with Crippen molar-refractivity contribution in [3.8, 4) is 0 Å². The Morgan fingerprint density at radius 2 is 1.96 bits per heavy atom. The van der Waals surface area contributed by atoms with Crippen LogP contribution in [-0.2, 0) is 19.6 Å². The molecule has 0 aliphatic carbocycles. The van der Waals surface area contributed by atoms with Crippen LogP contribution in [0.3, 0.4) is 0 Å². The summed E-state index contributed by atoms with van der Waals surface area (Å²) in [6.07, 6.45) is 0.106. The van der Waals surface area contributed by atoms with Crippen molar-refractivity contribution in [3.05, 3.63) is 52.3 Å². The minimum Gasteiger partial charge on any atom is -0.456 e. The second-order valence-electron chi connectivity index (χ2n) is 5.53. The summed E-state index contributed by atoms with van der Waals surface area (Å²) in [5, 5.41) is 9.94. The van der Waals surface area contributed by atoms with Gasteiger partial charge in [0.05, 0.1) is 26.7 Å². The second-order valence-corrected chi connectivity index (χ2v) is 8.06. The summed E-state index contributed by atoms with van der Waals surface area (Å²) in [6, 6.07) is 5.04. The lowest BCUT2D eigenvalue weighted by molar-refractivity contribution is -0.147. The molecular weight excluding hydrogens is 419 g/mol. The Labute approximate surface area is 165 Å². The van der Waals surface area contributed by atoms with Crippen LogP contribution in [-0.4, -0.2) is 49.0 Å². The van der Waals surface area contributed by atoms with Crippen LogP contribution in [0.4, 0.5) is 0 Å². The van der Waals surface area contributed by atoms with Crippen LogP contribution in [0.2, 0.25) is 10.0 Å². The zero-order valence-electron chi connectivity index (χ0n) is 14.0. The number of esters is 1. The number of benzene rings is 1. The van der Waals surface area contributed by atoms with Crippen molar-refractivity contribution >= 4 is 45.0 Å². The summed E-state index contributed by atoms with van der Waals surface area (Å²) in [6.45, 7) is 0.590. The van der Waals surface area contributed by atoms with Gasteiger partial charge in [0.15, 0.2) is 6.61 Å². The molecule has 3 N–H and O–H groups in total. The van der Waals surface area contributed by atoms with Crippen LogP contribution >= 0.6 is 23.2 Å². The molecule has 0 bridgehead atoms. The second kappa shape index (κ2) is 8.85. The maximum Gasteiger partial charge on any atom is 0.327 e. The Hall–Kier alpha value is -1.91. The molecule has 2 atom stereocenters. The Balaban J connectivity index is 2.10. The average molecular weight is 435 g/mol. The van der Waals surface area contributed by atoms with E-state index in [1.54, 1.807) is 6.07 Å². The van der Waals surface area contributed by atoms with Gasteiger partial charge in [-0.15, -0.1) is 0 Å². The maximum absolute atomic E-state index is 12.4. The molecule has 0 saturated carbocycles. The molecule has 1 heterocycles. The fourth-order valence-corrected chi connectivity index (χ4v) is 3.68. The zero-order valence-corrected chi connectivity index (χ0v) is 16.3. The topological polar surface area (TPSA) is 126 Å². The predicted molar refractivity (Wildman–Crippen MR) is 98.3 cm³/mol. The van der Waals surface area contributed by atoms with E-state index in [0.29, 0.717) is 0 Å². The first-order chi connectivity index (χ1) is 12.6. The fraction of sp³-hybridized carbons (Fsp3) is 0.250. The van der Waals surface area contributed by atoms with E-state index >= 15 is 0 Å². The average Bonchev–Trinajstić information content (AvgIpc) is 3.14. The summed E-state index contributed by atoms with van der Waals surface area (Å²) in [5.74, 6) is -1.61. The number of aliphatic hydroxyl groups is 1. The van der Waals surface area contributed by atoms with E-state index in [1.165, 1.54) is 31.3 Å². The monoisotopic (exact) mass is 434 g/mol. The number of aromatic nitrogens is 1. The normalized spacial score (nSPS) is 13.8. The summed E-state index contributed by atoms with van der Waals surface area (Å²) >= 11 is 11.6. The van der Waals surface area contributed by atoms with Crippen LogP contribution in [0.1, 0.15) is 17.4 Å². The molecule has 0 unspecified atom stereocenters. The van der Waals surface area contributed by atoms with Crippen molar-refractivity contribution in [2.75, 3.05) is 6.61 Å². The van der Waals surface area contributed by atoms with Gasteiger partial charge < -0.3 is 14.8 Å². The molecular formula is C16H16Cl2N2O6S. The zero-order chi connectivity index (χ0) is 20.2. The maximum atomic E-state index is 12.4. The largest absolute Gasteiger partial charge is 0.456 e. The van der Waals surface area contributed by atoms with E-state index in [4.69, 9.17) is 27.9 Å². The van der Waals surface area contributed by atoms with Gasteiger partial charge in [-0.25, -0.2) is 8.42 Å². The molecule has 1 aromatic heterocycles. The number of sulfonamides is 1. The third kappa shape index (κ3) is 5.53. The molecule has 0 spiro atoms. The quantitative estimate of drug-likeness (QED) is 0.429. The Kier molecular flexibility index (Phi) is 7.01. The smallest absolute Gasteiger partial charge is 0.327 e. The molecule has 146 valence electrons. The Bertz CT molecular complexity index is 928. The van der Waals surface area contributed by atoms with E-state index in [1.807, 2.05) is 4.72 Å². The summed E-state index contributed by atoms with van der Waals surface area (Å²) < 4.78 is 31.7. The molecule has 8 nitrogen and oxygen atoms in total. The number of ether oxygens (including phenoxy) is 1. The molecule has 11 heteroatoms. The fourth-order valence-electron chi connectivity index (χ4n) is 2.03. The van der Waals surface area contributed by atoms with E-state index in [0.717, 1.165) is 6.07 Å². The number of nitrogens with one attached hydrogen (secondary N) is 2. The van der Waals surface area contributed by atoms with E-state index < -0.39 is 40.5 Å². The molecule has 2 rings (SSSR count). The van der Waals surface area contributed by atoms with E-state index in [9.17, 15) is 23.1 Å². The molecule has 1 aromatic carbocycles. The van der Waals surface area contributed by atoms with Crippen LogP contribution < -0.4 is 4.72 Å². The number of carbonyl (C=O) groups is 2. The highest BCUT2D eigenvalue weighted by molar-refractivity contribution is 7.89. The standard InChI is InChI=1S/C16H16Cl2N2O6S/c1-9(21)15(16(23)26-8-14(22)13-3-2-6-19-13)20-27(24,25)10-4-5-11(17)12(18)7-10/h2-7,9,15,19-21H,8H2,1H3/t9-,15+/m1/s1. The van der Waals surface area contributed by atoms with Crippen LogP contribution in [0.5, 0.6) is 0 Å². The summed E-state index contributed by atoms with van der Waals surface area (Å²) in [4.78, 5) is 26.4. The number of aromatic amines is 1.